The minimum atomic E-state index is -0.289. The van der Waals surface area contributed by atoms with Crippen molar-refractivity contribution in [2.24, 2.45) is 0 Å². The third kappa shape index (κ3) is 3.79. The maximum Gasteiger partial charge on any atom is 0.270 e. The molecule has 1 fully saturated rings. The number of amides is 1. The Kier molecular flexibility index (Phi) is 5.98. The van der Waals surface area contributed by atoms with Crippen LogP contribution in [-0.4, -0.2) is 56.3 Å². The molecular formula is C23H25ClN2O5. The van der Waals surface area contributed by atoms with Crippen molar-refractivity contribution in [3.05, 3.63) is 52.7 Å². The Bertz CT molecular complexity index is 1110. The van der Waals surface area contributed by atoms with Crippen LogP contribution in [0.15, 0.2) is 36.4 Å². The summed E-state index contributed by atoms with van der Waals surface area (Å²) in [5.41, 5.74) is 1.95. The van der Waals surface area contributed by atoms with Crippen LogP contribution in [0.3, 0.4) is 0 Å². The lowest BCUT2D eigenvalue weighted by atomic mass is 10.1. The van der Waals surface area contributed by atoms with Crippen LogP contribution in [0.4, 0.5) is 0 Å². The number of benzene rings is 2. The summed E-state index contributed by atoms with van der Waals surface area (Å²) in [6, 6.07) is 11.0. The molecule has 8 heteroatoms. The van der Waals surface area contributed by atoms with Gasteiger partial charge in [-0.1, -0.05) is 29.8 Å². The molecule has 0 aliphatic carbocycles. The molecule has 0 radical (unpaired) electrons. The predicted octanol–water partition coefficient (Wildman–Crippen LogP) is 4.45. The summed E-state index contributed by atoms with van der Waals surface area (Å²) in [6.07, 6.45) is -0.289. The number of H-pyrrole nitrogens is 1. The smallest absolute Gasteiger partial charge is 0.270 e. The van der Waals surface area contributed by atoms with Gasteiger partial charge in [0.05, 0.1) is 46.0 Å². The highest BCUT2D eigenvalue weighted by Gasteiger charge is 2.33. The second kappa shape index (κ2) is 8.69. The second-order valence-electron chi connectivity index (χ2n) is 7.44. The van der Waals surface area contributed by atoms with Gasteiger partial charge < -0.3 is 28.8 Å². The highest BCUT2D eigenvalue weighted by atomic mass is 35.5. The van der Waals surface area contributed by atoms with E-state index < -0.39 is 0 Å². The minimum absolute atomic E-state index is 0.0871. The van der Waals surface area contributed by atoms with Crippen LogP contribution < -0.4 is 14.2 Å². The molecule has 1 amide bonds. The number of hydrogen-bond acceptors (Lipinski definition) is 5. The van der Waals surface area contributed by atoms with Crippen molar-refractivity contribution in [1.82, 2.24) is 9.88 Å². The molecule has 164 valence electrons. The summed E-state index contributed by atoms with van der Waals surface area (Å²) < 4.78 is 22.4. The molecule has 31 heavy (non-hydrogen) atoms. The largest absolute Gasteiger partial charge is 0.496 e. The molecule has 3 aromatic rings. The summed E-state index contributed by atoms with van der Waals surface area (Å²) in [6.45, 7) is 2.78. The Hall–Kier alpha value is -2.90. The maximum absolute atomic E-state index is 13.5. The molecular weight excluding hydrogens is 420 g/mol. The van der Waals surface area contributed by atoms with Gasteiger partial charge in [-0.3, -0.25) is 4.79 Å². The quantitative estimate of drug-likeness (QED) is 0.629. The van der Waals surface area contributed by atoms with Gasteiger partial charge in [-0.2, -0.15) is 0 Å². The number of aromatic amines is 1. The highest BCUT2D eigenvalue weighted by Crippen LogP contribution is 2.41. The monoisotopic (exact) mass is 444 g/mol. The van der Waals surface area contributed by atoms with Crippen molar-refractivity contribution in [3.63, 3.8) is 0 Å². The Morgan fingerprint density at radius 3 is 2.55 bits per heavy atom. The fourth-order valence-electron chi connectivity index (χ4n) is 3.97. The van der Waals surface area contributed by atoms with Gasteiger partial charge in [0.1, 0.15) is 17.5 Å². The first kappa shape index (κ1) is 21.3. The van der Waals surface area contributed by atoms with Gasteiger partial charge in [0.25, 0.3) is 5.91 Å². The average Bonchev–Trinajstić information content (AvgIpc) is 3.23. The fraction of sp³-hybridized carbons (Fsp3) is 0.348. The molecule has 0 unspecified atom stereocenters. The van der Waals surface area contributed by atoms with Crippen molar-refractivity contribution in [2.75, 3.05) is 34.5 Å². The zero-order chi connectivity index (χ0) is 22.1. The first-order valence-electron chi connectivity index (χ1n) is 9.97. The number of nitrogens with zero attached hydrogens (tertiary/aromatic N) is 1. The molecule has 1 aliphatic rings. The number of nitrogens with one attached hydrogen (secondary N) is 1. The van der Waals surface area contributed by atoms with E-state index in [-0.39, 0.29) is 18.1 Å². The molecule has 4 rings (SSSR count). The number of carbonyl (C=O) groups is 1. The van der Waals surface area contributed by atoms with E-state index in [2.05, 4.69) is 4.98 Å². The van der Waals surface area contributed by atoms with Crippen molar-refractivity contribution in [1.29, 1.82) is 0 Å². The van der Waals surface area contributed by atoms with Gasteiger partial charge in [0.15, 0.2) is 11.5 Å². The third-order valence-electron chi connectivity index (χ3n) is 5.62. The average molecular weight is 445 g/mol. The van der Waals surface area contributed by atoms with E-state index >= 15 is 0 Å². The molecule has 1 saturated heterocycles. The number of ether oxygens (including phenoxy) is 4. The third-order valence-corrected chi connectivity index (χ3v) is 5.96. The molecule has 0 saturated carbocycles. The van der Waals surface area contributed by atoms with E-state index in [0.717, 1.165) is 10.9 Å². The normalized spacial score (nSPS) is 18.8. The van der Waals surface area contributed by atoms with Crippen molar-refractivity contribution in [2.45, 2.75) is 19.1 Å². The molecule has 7 nitrogen and oxygen atoms in total. The van der Waals surface area contributed by atoms with E-state index in [0.29, 0.717) is 46.6 Å². The Morgan fingerprint density at radius 2 is 1.87 bits per heavy atom. The fourth-order valence-corrected chi connectivity index (χ4v) is 4.23. The number of aromatic nitrogens is 1. The zero-order valence-corrected chi connectivity index (χ0v) is 18.7. The molecule has 1 N–H and O–H groups in total. The summed E-state index contributed by atoms with van der Waals surface area (Å²) >= 11 is 6.36. The number of methoxy groups -OCH3 is 3. The lowest BCUT2D eigenvalue weighted by molar-refractivity contribution is -0.0487. The minimum Gasteiger partial charge on any atom is -0.496 e. The number of morpholine rings is 1. The first-order valence-corrected chi connectivity index (χ1v) is 10.3. The van der Waals surface area contributed by atoms with Crippen LogP contribution in [0.2, 0.25) is 5.02 Å². The molecule has 2 aromatic carbocycles. The van der Waals surface area contributed by atoms with Gasteiger partial charge in [-0.25, -0.2) is 0 Å². The topological polar surface area (TPSA) is 73.0 Å². The summed E-state index contributed by atoms with van der Waals surface area (Å²) in [5.74, 6) is 1.49. The van der Waals surface area contributed by atoms with Crippen LogP contribution in [0.25, 0.3) is 10.9 Å². The number of carbonyl (C=O) groups excluding carboxylic acids is 1. The van der Waals surface area contributed by atoms with E-state index in [1.807, 2.05) is 31.2 Å². The van der Waals surface area contributed by atoms with E-state index in [1.54, 1.807) is 38.4 Å². The van der Waals surface area contributed by atoms with Gasteiger partial charge in [0.2, 0.25) is 0 Å². The van der Waals surface area contributed by atoms with Crippen LogP contribution in [0.5, 0.6) is 17.2 Å². The van der Waals surface area contributed by atoms with Crippen LogP contribution in [0, 0.1) is 0 Å². The summed E-state index contributed by atoms with van der Waals surface area (Å²) in [4.78, 5) is 18.5. The molecule has 2 heterocycles. The van der Waals surface area contributed by atoms with Crippen LogP contribution in [0.1, 0.15) is 29.1 Å². The van der Waals surface area contributed by atoms with Crippen molar-refractivity contribution >= 4 is 28.4 Å². The number of hydrogen-bond donors (Lipinski definition) is 1. The molecule has 1 aliphatic heterocycles. The Balaban J connectivity index is 1.70. The lowest BCUT2D eigenvalue weighted by Crippen LogP contribution is -2.48. The van der Waals surface area contributed by atoms with Gasteiger partial charge in [0, 0.05) is 22.0 Å². The SMILES string of the molecule is COc1cc(OC)c2cc(C(=O)N3C[C@@H](c4ccccc4Cl)OC[C@H]3C)[nH]c2c1OC. The first-order chi connectivity index (χ1) is 15.0. The zero-order valence-electron chi connectivity index (χ0n) is 17.9. The standard InChI is InChI=1S/C23H25ClN2O5/c1-13-12-31-20(14-7-5-6-8-16(14)24)11-26(13)23(27)17-9-15-18(28-2)10-19(29-3)22(30-4)21(15)25-17/h5-10,13,20,25H,11-12H2,1-4H3/t13-,20+/m1/s1. The molecule has 0 spiro atoms. The Morgan fingerprint density at radius 1 is 1.13 bits per heavy atom. The second-order valence-corrected chi connectivity index (χ2v) is 7.84. The summed E-state index contributed by atoms with van der Waals surface area (Å²) in [5, 5.41) is 1.37. The van der Waals surface area contributed by atoms with Gasteiger partial charge in [-0.15, -0.1) is 0 Å². The number of fused-ring (bicyclic) bond motifs is 1. The summed E-state index contributed by atoms with van der Waals surface area (Å²) in [7, 11) is 4.69. The highest BCUT2D eigenvalue weighted by molar-refractivity contribution is 6.31. The van der Waals surface area contributed by atoms with E-state index in [9.17, 15) is 4.79 Å². The van der Waals surface area contributed by atoms with Gasteiger partial charge in [-0.05, 0) is 19.1 Å². The maximum atomic E-state index is 13.5. The number of halogens is 1. The van der Waals surface area contributed by atoms with E-state index in [4.69, 9.17) is 30.5 Å². The molecule has 2 atom stereocenters. The van der Waals surface area contributed by atoms with Crippen molar-refractivity contribution in [3.8, 4) is 17.2 Å². The van der Waals surface area contributed by atoms with Crippen LogP contribution in [-0.2, 0) is 4.74 Å². The lowest BCUT2D eigenvalue weighted by Gasteiger charge is -2.38. The molecule has 0 bridgehead atoms. The van der Waals surface area contributed by atoms with Crippen LogP contribution >= 0.6 is 11.6 Å². The molecule has 1 aromatic heterocycles. The predicted molar refractivity (Wildman–Crippen MR) is 119 cm³/mol. The Labute approximate surface area is 185 Å². The van der Waals surface area contributed by atoms with E-state index in [1.165, 1.54) is 0 Å². The van der Waals surface area contributed by atoms with Crippen molar-refractivity contribution < 1.29 is 23.7 Å². The van der Waals surface area contributed by atoms with Gasteiger partial charge >= 0.3 is 0 Å². The number of rotatable bonds is 5.